The number of hydrogen-bond donors (Lipinski definition) is 0. The van der Waals surface area contributed by atoms with Gasteiger partial charge in [-0.25, -0.2) is 0 Å². The van der Waals surface area contributed by atoms with Gasteiger partial charge in [-0.1, -0.05) is 68.4 Å². The minimum absolute atomic E-state index is 0.106. The van der Waals surface area contributed by atoms with E-state index in [2.05, 4.69) is 59.8 Å². The van der Waals surface area contributed by atoms with Crippen molar-refractivity contribution in [1.29, 1.82) is 0 Å². The van der Waals surface area contributed by atoms with Gasteiger partial charge in [-0.15, -0.1) is 0 Å². The van der Waals surface area contributed by atoms with Gasteiger partial charge in [0.25, 0.3) is 5.91 Å². The molecule has 7 heteroatoms. The van der Waals surface area contributed by atoms with Crippen LogP contribution in [0.3, 0.4) is 0 Å². The molecular formula is C32H39IN2O3S. The fourth-order valence-corrected chi connectivity index (χ4v) is 7.68. The van der Waals surface area contributed by atoms with Crippen LogP contribution < -0.4 is 9.47 Å². The fraction of sp³-hybridized carbons (Fsp3) is 0.500. The third-order valence-corrected chi connectivity index (χ3v) is 9.54. The largest absolute Gasteiger partial charge is 0.490 e. The molecular weight excluding hydrogens is 619 g/mol. The van der Waals surface area contributed by atoms with Crippen LogP contribution in [0.25, 0.3) is 6.08 Å². The summed E-state index contributed by atoms with van der Waals surface area (Å²) in [6.45, 7) is 5.08. The first-order valence-electron chi connectivity index (χ1n) is 14.5. The molecule has 208 valence electrons. The SMILES string of the molecule is CCOc1cc(C=C2SC(=NC3CCCCC3)N(C3CCCCC3)C2=O)cc(I)c1OCc1cccc(C)c1. The maximum Gasteiger partial charge on any atom is 0.266 e. The van der Waals surface area contributed by atoms with E-state index in [1.54, 1.807) is 11.8 Å². The molecule has 2 aromatic rings. The Balaban J connectivity index is 1.41. The van der Waals surface area contributed by atoms with Gasteiger partial charge in [0.1, 0.15) is 6.61 Å². The van der Waals surface area contributed by atoms with Crippen LogP contribution in [0.15, 0.2) is 46.3 Å². The lowest BCUT2D eigenvalue weighted by atomic mass is 9.94. The van der Waals surface area contributed by atoms with E-state index in [0.717, 1.165) is 56.2 Å². The van der Waals surface area contributed by atoms with Crippen molar-refractivity contribution in [3.8, 4) is 11.5 Å². The lowest BCUT2D eigenvalue weighted by Gasteiger charge is -2.31. The van der Waals surface area contributed by atoms with E-state index < -0.39 is 0 Å². The van der Waals surface area contributed by atoms with E-state index in [4.69, 9.17) is 14.5 Å². The van der Waals surface area contributed by atoms with Crippen LogP contribution in [0.2, 0.25) is 0 Å². The van der Waals surface area contributed by atoms with E-state index in [1.165, 1.54) is 44.1 Å². The van der Waals surface area contributed by atoms with Crippen molar-refractivity contribution in [2.24, 2.45) is 4.99 Å². The van der Waals surface area contributed by atoms with Crippen molar-refractivity contribution in [2.45, 2.75) is 96.7 Å². The number of nitrogens with zero attached hydrogens (tertiary/aromatic N) is 2. The molecule has 1 saturated heterocycles. The van der Waals surface area contributed by atoms with Gasteiger partial charge >= 0.3 is 0 Å². The van der Waals surface area contributed by atoms with Crippen LogP contribution in [0.1, 0.15) is 87.8 Å². The highest BCUT2D eigenvalue weighted by Gasteiger charge is 2.39. The Morgan fingerprint density at radius 3 is 2.49 bits per heavy atom. The van der Waals surface area contributed by atoms with Gasteiger partial charge in [0.15, 0.2) is 16.7 Å². The zero-order chi connectivity index (χ0) is 27.2. The number of carbonyl (C=O) groups is 1. The highest BCUT2D eigenvalue weighted by Crippen LogP contribution is 2.40. The molecule has 2 aliphatic carbocycles. The summed E-state index contributed by atoms with van der Waals surface area (Å²) in [5.41, 5.74) is 3.29. The predicted octanol–water partition coefficient (Wildman–Crippen LogP) is 8.52. The molecule has 2 saturated carbocycles. The number of amides is 1. The van der Waals surface area contributed by atoms with Crippen LogP contribution in [0.4, 0.5) is 0 Å². The number of aryl methyl sites for hydroxylation is 1. The van der Waals surface area contributed by atoms with Crippen molar-refractivity contribution in [3.63, 3.8) is 0 Å². The second-order valence-electron chi connectivity index (χ2n) is 10.8. The zero-order valence-corrected chi connectivity index (χ0v) is 26.1. The Morgan fingerprint density at radius 2 is 1.77 bits per heavy atom. The van der Waals surface area contributed by atoms with Gasteiger partial charge in [-0.3, -0.25) is 14.7 Å². The molecule has 2 aromatic carbocycles. The molecule has 0 atom stereocenters. The Bertz CT molecular complexity index is 1230. The highest BCUT2D eigenvalue weighted by atomic mass is 127. The molecule has 5 rings (SSSR count). The molecule has 0 bridgehead atoms. The summed E-state index contributed by atoms with van der Waals surface area (Å²) in [4.78, 5) is 21.8. The van der Waals surface area contributed by atoms with Crippen molar-refractivity contribution in [3.05, 3.63) is 61.6 Å². The topological polar surface area (TPSA) is 51.1 Å². The molecule has 5 nitrogen and oxygen atoms in total. The lowest BCUT2D eigenvalue weighted by molar-refractivity contribution is -0.124. The van der Waals surface area contributed by atoms with Crippen LogP contribution in [0.5, 0.6) is 11.5 Å². The van der Waals surface area contributed by atoms with Crippen molar-refractivity contribution < 1.29 is 14.3 Å². The van der Waals surface area contributed by atoms with Crippen molar-refractivity contribution in [2.75, 3.05) is 6.61 Å². The Morgan fingerprint density at radius 1 is 1.03 bits per heavy atom. The molecule has 1 aliphatic heterocycles. The van der Waals surface area contributed by atoms with Crippen LogP contribution in [-0.2, 0) is 11.4 Å². The van der Waals surface area contributed by atoms with Gasteiger partial charge in [-0.05, 0) is 103 Å². The maximum atomic E-state index is 13.8. The summed E-state index contributed by atoms with van der Waals surface area (Å²) in [6.07, 6.45) is 13.9. The average Bonchev–Trinajstić information content (AvgIpc) is 3.23. The summed E-state index contributed by atoms with van der Waals surface area (Å²) < 4.78 is 13.2. The standard InChI is InChI=1S/C32H39IN2O3S/c1-3-37-28-19-24(18-27(33)30(28)38-21-23-12-10-11-22(2)17-23)20-29-31(36)35(26-15-8-5-9-16-26)32(39-29)34-25-13-6-4-7-14-25/h10-12,17-20,25-26H,3-9,13-16,21H2,1-2H3. The minimum Gasteiger partial charge on any atom is -0.490 e. The smallest absolute Gasteiger partial charge is 0.266 e. The third kappa shape index (κ3) is 7.20. The molecule has 0 N–H and O–H groups in total. The normalized spacial score (nSPS) is 21.2. The first-order valence-corrected chi connectivity index (χ1v) is 16.4. The van der Waals surface area contributed by atoms with Crippen LogP contribution in [0, 0.1) is 10.5 Å². The average molecular weight is 659 g/mol. The molecule has 3 fully saturated rings. The summed E-state index contributed by atoms with van der Waals surface area (Å²) in [5.74, 6) is 1.56. The number of ether oxygens (including phenoxy) is 2. The molecule has 0 radical (unpaired) electrons. The van der Waals surface area contributed by atoms with E-state index in [0.29, 0.717) is 25.0 Å². The molecule has 1 amide bonds. The summed E-state index contributed by atoms with van der Waals surface area (Å²) >= 11 is 3.87. The molecule has 0 unspecified atom stereocenters. The van der Waals surface area contributed by atoms with Crippen LogP contribution >= 0.6 is 34.4 Å². The summed E-state index contributed by atoms with van der Waals surface area (Å²) in [7, 11) is 0. The monoisotopic (exact) mass is 658 g/mol. The second-order valence-corrected chi connectivity index (χ2v) is 13.0. The zero-order valence-electron chi connectivity index (χ0n) is 23.1. The summed E-state index contributed by atoms with van der Waals surface area (Å²) in [6, 6.07) is 13.0. The molecule has 0 aromatic heterocycles. The molecule has 0 spiro atoms. The van der Waals surface area contributed by atoms with Crippen LogP contribution in [-0.4, -0.2) is 34.7 Å². The number of aliphatic imine (C=N–C) groups is 1. The number of halogens is 1. The number of benzene rings is 2. The number of hydrogen-bond acceptors (Lipinski definition) is 5. The molecule has 1 heterocycles. The molecule has 3 aliphatic rings. The predicted molar refractivity (Wildman–Crippen MR) is 169 cm³/mol. The number of thioether (sulfide) groups is 1. The third-order valence-electron chi connectivity index (χ3n) is 7.74. The van der Waals surface area contributed by atoms with Crippen molar-refractivity contribution >= 4 is 51.5 Å². The first kappa shape index (κ1) is 28.5. The Kier molecular flexibility index (Phi) is 9.93. The minimum atomic E-state index is 0.106. The van der Waals surface area contributed by atoms with Crippen molar-refractivity contribution in [1.82, 2.24) is 4.90 Å². The Hall–Kier alpha value is -2.00. The fourth-order valence-electron chi connectivity index (χ4n) is 5.79. The number of carbonyl (C=O) groups excluding carboxylic acids is 1. The van der Waals surface area contributed by atoms with E-state index in [-0.39, 0.29) is 11.9 Å². The second kappa shape index (κ2) is 13.6. The maximum absolute atomic E-state index is 13.8. The van der Waals surface area contributed by atoms with Gasteiger partial charge in [0, 0.05) is 6.04 Å². The Labute approximate surface area is 251 Å². The van der Waals surface area contributed by atoms with Gasteiger partial charge in [0.05, 0.1) is 21.1 Å². The van der Waals surface area contributed by atoms with E-state index in [1.807, 2.05) is 24.0 Å². The number of rotatable bonds is 8. The first-order chi connectivity index (χ1) is 19.0. The van der Waals surface area contributed by atoms with Gasteiger partial charge in [-0.2, -0.15) is 0 Å². The molecule has 39 heavy (non-hydrogen) atoms. The quantitative estimate of drug-likeness (QED) is 0.211. The lowest BCUT2D eigenvalue weighted by Crippen LogP contribution is -2.41. The number of amidine groups is 1. The van der Waals surface area contributed by atoms with Gasteiger partial charge in [0.2, 0.25) is 0 Å². The van der Waals surface area contributed by atoms with Gasteiger partial charge < -0.3 is 9.47 Å². The summed E-state index contributed by atoms with van der Waals surface area (Å²) in [5, 5.41) is 0.919. The van der Waals surface area contributed by atoms with E-state index in [9.17, 15) is 4.79 Å². The van der Waals surface area contributed by atoms with E-state index >= 15 is 0 Å². The highest BCUT2D eigenvalue weighted by molar-refractivity contribution is 14.1.